The Morgan fingerprint density at radius 3 is 1.71 bits per heavy atom. The van der Waals surface area contributed by atoms with Crippen LogP contribution in [-0.2, 0) is 5.41 Å². The molecule has 1 aliphatic rings. The van der Waals surface area contributed by atoms with Crippen LogP contribution in [0.5, 0.6) is 0 Å². The molecule has 11 aromatic rings. The fraction of sp³-hybridized carbons (Fsp3) is 0.0508. The summed E-state index contributed by atoms with van der Waals surface area (Å²) in [6, 6.07) is 76.7. The SMILES string of the molecule is CC1(C)c2ccccc2-c2c(-c3cccc(-c4cccc(-c5cc(-c6ccccc6)cc6c7ccccc7n(-c7nc(-c8ccccc8)c8ccccc8n7)c56)c4)c3)cccc21. The van der Waals surface area contributed by atoms with Crippen LogP contribution in [0.1, 0.15) is 25.0 Å². The van der Waals surface area contributed by atoms with Crippen molar-refractivity contribution in [1.29, 1.82) is 0 Å². The van der Waals surface area contributed by atoms with Gasteiger partial charge in [-0.2, -0.15) is 0 Å². The first-order chi connectivity index (χ1) is 30.5. The lowest BCUT2D eigenvalue weighted by Gasteiger charge is -2.21. The molecule has 3 nitrogen and oxygen atoms in total. The van der Waals surface area contributed by atoms with E-state index in [1.54, 1.807) is 0 Å². The third-order valence-corrected chi connectivity index (χ3v) is 13.0. The predicted molar refractivity (Wildman–Crippen MR) is 259 cm³/mol. The summed E-state index contributed by atoms with van der Waals surface area (Å²) in [6.45, 7) is 4.70. The van der Waals surface area contributed by atoms with Gasteiger partial charge in [-0.25, -0.2) is 9.97 Å². The van der Waals surface area contributed by atoms with E-state index in [0.29, 0.717) is 5.95 Å². The van der Waals surface area contributed by atoms with E-state index in [2.05, 4.69) is 231 Å². The van der Waals surface area contributed by atoms with E-state index in [9.17, 15) is 0 Å². The molecule has 0 saturated carbocycles. The third kappa shape index (κ3) is 5.66. The molecule has 3 heteroatoms. The molecule has 1 aliphatic carbocycles. The van der Waals surface area contributed by atoms with Crippen molar-refractivity contribution in [3.63, 3.8) is 0 Å². The fourth-order valence-electron chi connectivity index (χ4n) is 10.0. The Labute approximate surface area is 361 Å². The highest BCUT2D eigenvalue weighted by Gasteiger charge is 2.36. The Morgan fingerprint density at radius 2 is 0.935 bits per heavy atom. The van der Waals surface area contributed by atoms with Crippen LogP contribution in [0.4, 0.5) is 0 Å². The molecule has 0 atom stereocenters. The van der Waals surface area contributed by atoms with Crippen LogP contribution < -0.4 is 0 Å². The van der Waals surface area contributed by atoms with Crippen molar-refractivity contribution in [2.45, 2.75) is 19.3 Å². The van der Waals surface area contributed by atoms with Gasteiger partial charge in [-0.3, -0.25) is 4.57 Å². The summed E-state index contributed by atoms with van der Waals surface area (Å²) >= 11 is 0. The minimum absolute atomic E-state index is 0.0586. The second kappa shape index (κ2) is 14.1. The van der Waals surface area contributed by atoms with Crippen LogP contribution in [0.2, 0.25) is 0 Å². The number of hydrogen-bond donors (Lipinski definition) is 0. The second-order valence-corrected chi connectivity index (χ2v) is 17.0. The van der Waals surface area contributed by atoms with Crippen LogP contribution in [0.25, 0.3) is 106 Å². The van der Waals surface area contributed by atoms with Gasteiger partial charge in [0.2, 0.25) is 5.95 Å². The number of rotatable bonds is 6. The smallest absolute Gasteiger partial charge is 0.235 e. The average Bonchev–Trinajstić information content (AvgIpc) is 3.80. The standard InChI is InChI=1S/C59H41N3/c1-59(2)51-30-12-9-27-47(51)55-45(29-17-31-52(55)59)42-24-15-22-40(34-42)41-23-16-25-43(35-41)49-36-44(38-18-5-3-6-19-38)37-50-46-26-11-14-33-54(46)62(57(49)50)58-60-53-32-13-10-28-48(53)56(61-58)39-20-7-4-8-21-39/h3-37H,1-2H3. The molecular weight excluding hydrogens is 751 g/mol. The van der Waals surface area contributed by atoms with Crippen LogP contribution in [-0.4, -0.2) is 14.5 Å². The number of benzene rings is 9. The van der Waals surface area contributed by atoms with Crippen molar-refractivity contribution in [1.82, 2.24) is 14.5 Å². The Hall–Kier alpha value is -7.88. The van der Waals surface area contributed by atoms with E-state index in [1.807, 2.05) is 0 Å². The zero-order valence-electron chi connectivity index (χ0n) is 34.5. The van der Waals surface area contributed by atoms with Crippen molar-refractivity contribution in [3.8, 4) is 72.8 Å². The molecule has 62 heavy (non-hydrogen) atoms. The Bertz CT molecular complexity index is 3540. The minimum Gasteiger partial charge on any atom is -0.277 e. The molecule has 0 unspecified atom stereocenters. The van der Waals surface area contributed by atoms with E-state index >= 15 is 0 Å². The van der Waals surface area contributed by atoms with Gasteiger partial charge in [0, 0.05) is 32.7 Å². The van der Waals surface area contributed by atoms with Crippen LogP contribution in [0.15, 0.2) is 212 Å². The lowest BCUT2D eigenvalue weighted by atomic mass is 9.82. The number of fused-ring (bicyclic) bond motifs is 7. The fourth-order valence-corrected chi connectivity index (χ4v) is 10.0. The van der Waals surface area contributed by atoms with Crippen molar-refractivity contribution in [2.75, 3.05) is 0 Å². The number of aromatic nitrogens is 3. The lowest BCUT2D eigenvalue weighted by Crippen LogP contribution is -2.14. The van der Waals surface area contributed by atoms with Gasteiger partial charge in [0.05, 0.1) is 22.2 Å². The number of para-hydroxylation sites is 2. The molecule has 2 heterocycles. The molecule has 0 spiro atoms. The van der Waals surface area contributed by atoms with Crippen molar-refractivity contribution >= 4 is 32.7 Å². The topological polar surface area (TPSA) is 30.7 Å². The first kappa shape index (κ1) is 36.0. The van der Waals surface area contributed by atoms with Gasteiger partial charge < -0.3 is 0 Å². The number of nitrogens with zero attached hydrogens (tertiary/aromatic N) is 3. The van der Waals surface area contributed by atoms with E-state index in [4.69, 9.17) is 9.97 Å². The largest absolute Gasteiger partial charge is 0.277 e. The quantitative estimate of drug-likeness (QED) is 0.168. The second-order valence-electron chi connectivity index (χ2n) is 17.0. The summed E-state index contributed by atoms with van der Waals surface area (Å²) in [5.74, 6) is 0.645. The predicted octanol–water partition coefficient (Wildman–Crippen LogP) is 15.4. The van der Waals surface area contributed by atoms with Crippen LogP contribution in [0, 0.1) is 0 Å². The van der Waals surface area contributed by atoms with E-state index in [-0.39, 0.29) is 5.41 Å². The highest BCUT2D eigenvalue weighted by Crippen LogP contribution is 2.52. The Balaban J connectivity index is 1.08. The van der Waals surface area contributed by atoms with E-state index < -0.39 is 0 Å². The summed E-state index contributed by atoms with van der Waals surface area (Å²) < 4.78 is 2.29. The maximum Gasteiger partial charge on any atom is 0.235 e. The molecule has 0 amide bonds. The van der Waals surface area contributed by atoms with Gasteiger partial charge >= 0.3 is 0 Å². The molecule has 0 N–H and O–H groups in total. The molecule has 0 aliphatic heterocycles. The van der Waals surface area contributed by atoms with E-state index in [0.717, 1.165) is 66.2 Å². The molecule has 0 saturated heterocycles. The highest BCUT2D eigenvalue weighted by molar-refractivity contribution is 6.15. The van der Waals surface area contributed by atoms with E-state index in [1.165, 1.54) is 44.5 Å². The summed E-state index contributed by atoms with van der Waals surface area (Å²) in [6.07, 6.45) is 0. The minimum atomic E-state index is -0.0586. The van der Waals surface area contributed by atoms with Gasteiger partial charge in [-0.05, 0) is 97.6 Å². The maximum absolute atomic E-state index is 5.43. The molecule has 0 radical (unpaired) electrons. The Kier molecular flexibility index (Phi) is 8.20. The third-order valence-electron chi connectivity index (χ3n) is 13.0. The molecular formula is C59H41N3. The van der Waals surface area contributed by atoms with Gasteiger partial charge in [0.1, 0.15) is 0 Å². The average molecular weight is 792 g/mol. The van der Waals surface area contributed by atoms with Gasteiger partial charge in [0.15, 0.2) is 0 Å². The van der Waals surface area contributed by atoms with Crippen molar-refractivity contribution in [2.24, 2.45) is 0 Å². The molecule has 9 aromatic carbocycles. The van der Waals surface area contributed by atoms with Crippen LogP contribution >= 0.6 is 0 Å². The van der Waals surface area contributed by atoms with Gasteiger partial charge in [-0.15, -0.1) is 0 Å². The highest BCUT2D eigenvalue weighted by atomic mass is 15.2. The Morgan fingerprint density at radius 1 is 0.371 bits per heavy atom. The van der Waals surface area contributed by atoms with Gasteiger partial charge in [0.25, 0.3) is 0 Å². The van der Waals surface area contributed by atoms with Crippen molar-refractivity contribution in [3.05, 3.63) is 223 Å². The van der Waals surface area contributed by atoms with Crippen LogP contribution in [0.3, 0.4) is 0 Å². The molecule has 292 valence electrons. The van der Waals surface area contributed by atoms with Crippen molar-refractivity contribution < 1.29 is 0 Å². The zero-order chi connectivity index (χ0) is 41.4. The zero-order valence-corrected chi connectivity index (χ0v) is 34.5. The van der Waals surface area contributed by atoms with Gasteiger partial charge in [-0.1, -0.05) is 190 Å². The monoisotopic (exact) mass is 791 g/mol. The summed E-state index contributed by atoms with van der Waals surface area (Å²) in [7, 11) is 0. The summed E-state index contributed by atoms with van der Waals surface area (Å²) in [5, 5.41) is 3.34. The molecule has 2 aromatic heterocycles. The number of hydrogen-bond acceptors (Lipinski definition) is 2. The first-order valence-electron chi connectivity index (χ1n) is 21.4. The lowest BCUT2D eigenvalue weighted by molar-refractivity contribution is 0.660. The molecule has 0 fully saturated rings. The first-order valence-corrected chi connectivity index (χ1v) is 21.4. The molecule has 12 rings (SSSR count). The maximum atomic E-state index is 5.43. The summed E-state index contributed by atoms with van der Waals surface area (Å²) in [4.78, 5) is 10.8. The normalized spacial score (nSPS) is 12.8. The molecule has 0 bridgehead atoms. The summed E-state index contributed by atoms with van der Waals surface area (Å²) in [5.41, 5.74) is 19.8.